The number of hydrogen-bond acceptors (Lipinski definition) is 4. The van der Waals surface area contributed by atoms with Crippen LogP contribution < -0.4 is 0 Å². The average Bonchev–Trinajstić information content (AvgIpc) is 1.84. The third-order valence-corrected chi connectivity index (χ3v) is 1.24. The topological polar surface area (TPSA) is 87.0 Å². The predicted molar refractivity (Wildman–Crippen MR) is 40.5 cm³/mol. The standard InChI is InChI=1S/C7H14O5/c1-2-12-7(11)4-5(8)3-6(9)10/h5,7-8,11H,2-4H2,1H3,(H,9,10)/t5-,7+/m0/s1. The van der Waals surface area contributed by atoms with E-state index in [1.165, 1.54) is 0 Å². The lowest BCUT2D eigenvalue weighted by Crippen LogP contribution is -2.22. The average molecular weight is 178 g/mol. The summed E-state index contributed by atoms with van der Waals surface area (Å²) in [6.45, 7) is 2.04. The van der Waals surface area contributed by atoms with Gasteiger partial charge in [-0.3, -0.25) is 4.79 Å². The summed E-state index contributed by atoms with van der Waals surface area (Å²) in [6.07, 6.45) is -2.57. The lowest BCUT2D eigenvalue weighted by Gasteiger charge is -2.13. The molecule has 0 aliphatic carbocycles. The highest BCUT2D eigenvalue weighted by Crippen LogP contribution is 2.03. The molecule has 0 saturated carbocycles. The second kappa shape index (κ2) is 5.93. The summed E-state index contributed by atoms with van der Waals surface area (Å²) in [6, 6.07) is 0. The molecule has 0 fully saturated rings. The third-order valence-electron chi connectivity index (χ3n) is 1.24. The van der Waals surface area contributed by atoms with Gasteiger partial charge in [-0.2, -0.15) is 0 Å². The van der Waals surface area contributed by atoms with E-state index in [1.807, 2.05) is 0 Å². The lowest BCUT2D eigenvalue weighted by molar-refractivity contribution is -0.143. The van der Waals surface area contributed by atoms with Crippen molar-refractivity contribution in [3.63, 3.8) is 0 Å². The molecule has 0 saturated heterocycles. The van der Waals surface area contributed by atoms with Gasteiger partial charge in [0.05, 0.1) is 12.5 Å². The Bertz CT molecular complexity index is 136. The van der Waals surface area contributed by atoms with Crippen molar-refractivity contribution in [1.29, 1.82) is 0 Å². The van der Waals surface area contributed by atoms with Crippen LogP contribution in [0.25, 0.3) is 0 Å². The minimum absolute atomic E-state index is 0.0693. The fourth-order valence-electron chi connectivity index (χ4n) is 0.778. The highest BCUT2D eigenvalue weighted by molar-refractivity contribution is 5.67. The van der Waals surface area contributed by atoms with E-state index in [1.54, 1.807) is 6.92 Å². The van der Waals surface area contributed by atoms with E-state index >= 15 is 0 Å². The molecule has 0 spiro atoms. The number of carboxylic acids is 1. The summed E-state index contributed by atoms with van der Waals surface area (Å²) < 4.78 is 4.70. The summed E-state index contributed by atoms with van der Waals surface area (Å²) in [4.78, 5) is 10.1. The summed E-state index contributed by atoms with van der Waals surface area (Å²) in [5.41, 5.74) is 0. The van der Waals surface area contributed by atoms with Crippen molar-refractivity contribution in [2.24, 2.45) is 0 Å². The predicted octanol–water partition coefficient (Wildman–Crippen LogP) is -0.433. The van der Waals surface area contributed by atoms with E-state index in [2.05, 4.69) is 0 Å². The number of aliphatic hydroxyl groups excluding tert-OH is 2. The molecule has 0 amide bonds. The molecule has 0 bridgehead atoms. The van der Waals surface area contributed by atoms with Crippen LogP contribution in [0.3, 0.4) is 0 Å². The fraction of sp³-hybridized carbons (Fsp3) is 0.857. The second-order valence-electron chi connectivity index (χ2n) is 2.40. The zero-order chi connectivity index (χ0) is 9.56. The molecule has 5 nitrogen and oxygen atoms in total. The lowest BCUT2D eigenvalue weighted by atomic mass is 10.2. The molecule has 72 valence electrons. The molecule has 2 atom stereocenters. The van der Waals surface area contributed by atoms with Gasteiger partial charge in [-0.25, -0.2) is 0 Å². The van der Waals surface area contributed by atoms with Crippen LogP contribution >= 0.6 is 0 Å². The number of carbonyl (C=O) groups is 1. The Morgan fingerprint density at radius 3 is 2.50 bits per heavy atom. The van der Waals surface area contributed by atoms with Crippen LogP contribution in [0.5, 0.6) is 0 Å². The zero-order valence-electron chi connectivity index (χ0n) is 6.93. The Labute approximate surface area is 70.6 Å². The molecule has 5 heteroatoms. The highest BCUT2D eigenvalue weighted by atomic mass is 16.6. The number of ether oxygens (including phenoxy) is 1. The van der Waals surface area contributed by atoms with Crippen molar-refractivity contribution in [3.8, 4) is 0 Å². The first-order valence-corrected chi connectivity index (χ1v) is 3.75. The monoisotopic (exact) mass is 178 g/mol. The van der Waals surface area contributed by atoms with Gasteiger partial charge in [0.15, 0.2) is 6.29 Å². The van der Waals surface area contributed by atoms with Crippen LogP contribution in [0.4, 0.5) is 0 Å². The third kappa shape index (κ3) is 6.09. The quantitative estimate of drug-likeness (QED) is 0.480. The number of aliphatic hydroxyl groups is 2. The number of hydrogen-bond donors (Lipinski definition) is 3. The first-order chi connectivity index (χ1) is 5.56. The summed E-state index contributed by atoms with van der Waals surface area (Å²) in [5, 5.41) is 26.2. The molecule has 0 aliphatic rings. The number of aliphatic carboxylic acids is 1. The van der Waals surface area contributed by atoms with Crippen LogP contribution in [-0.2, 0) is 9.53 Å². The van der Waals surface area contributed by atoms with Gasteiger partial charge in [0.25, 0.3) is 0 Å². The normalized spacial score (nSPS) is 15.6. The van der Waals surface area contributed by atoms with E-state index in [9.17, 15) is 4.79 Å². The summed E-state index contributed by atoms with van der Waals surface area (Å²) in [5.74, 6) is -1.09. The Morgan fingerprint density at radius 1 is 1.50 bits per heavy atom. The maximum Gasteiger partial charge on any atom is 0.305 e. The minimum atomic E-state index is -1.09. The van der Waals surface area contributed by atoms with Gasteiger partial charge in [0.2, 0.25) is 0 Å². The molecular weight excluding hydrogens is 164 g/mol. The molecule has 0 heterocycles. The van der Waals surface area contributed by atoms with E-state index in [-0.39, 0.29) is 12.8 Å². The number of carboxylic acid groups (broad SMARTS) is 1. The molecule has 0 rings (SSSR count). The van der Waals surface area contributed by atoms with Gasteiger partial charge in [-0.15, -0.1) is 0 Å². The smallest absolute Gasteiger partial charge is 0.305 e. The van der Waals surface area contributed by atoms with E-state index in [4.69, 9.17) is 20.1 Å². The van der Waals surface area contributed by atoms with Gasteiger partial charge in [0, 0.05) is 13.0 Å². The number of rotatable bonds is 6. The SMILES string of the molecule is CCO[C@@H](O)C[C@@H](O)CC(=O)O. The Morgan fingerprint density at radius 2 is 2.08 bits per heavy atom. The Hall–Kier alpha value is -0.650. The molecule has 0 aliphatic heterocycles. The molecule has 3 N–H and O–H groups in total. The van der Waals surface area contributed by atoms with Gasteiger partial charge in [0.1, 0.15) is 0 Å². The van der Waals surface area contributed by atoms with Gasteiger partial charge >= 0.3 is 5.97 Å². The Balaban J connectivity index is 3.53. The van der Waals surface area contributed by atoms with E-state index in [0.29, 0.717) is 6.61 Å². The molecule has 0 aromatic rings. The van der Waals surface area contributed by atoms with Gasteiger partial charge < -0.3 is 20.1 Å². The zero-order valence-corrected chi connectivity index (χ0v) is 6.93. The van der Waals surface area contributed by atoms with E-state index < -0.39 is 18.4 Å². The van der Waals surface area contributed by atoms with Crippen molar-refractivity contribution >= 4 is 5.97 Å². The largest absolute Gasteiger partial charge is 0.481 e. The van der Waals surface area contributed by atoms with Crippen molar-refractivity contribution in [2.45, 2.75) is 32.2 Å². The van der Waals surface area contributed by atoms with Gasteiger partial charge in [-0.05, 0) is 6.92 Å². The van der Waals surface area contributed by atoms with Crippen LogP contribution in [0.15, 0.2) is 0 Å². The first kappa shape index (κ1) is 11.4. The second-order valence-corrected chi connectivity index (χ2v) is 2.40. The van der Waals surface area contributed by atoms with Crippen molar-refractivity contribution in [1.82, 2.24) is 0 Å². The van der Waals surface area contributed by atoms with Crippen molar-refractivity contribution in [2.75, 3.05) is 6.61 Å². The van der Waals surface area contributed by atoms with E-state index in [0.717, 1.165) is 0 Å². The minimum Gasteiger partial charge on any atom is -0.481 e. The van der Waals surface area contributed by atoms with Crippen LogP contribution in [0, 0.1) is 0 Å². The molecule has 12 heavy (non-hydrogen) atoms. The van der Waals surface area contributed by atoms with Crippen LogP contribution in [0.1, 0.15) is 19.8 Å². The summed E-state index contributed by atoms with van der Waals surface area (Å²) in [7, 11) is 0. The molecule has 0 aromatic carbocycles. The van der Waals surface area contributed by atoms with Crippen molar-refractivity contribution in [3.05, 3.63) is 0 Å². The Kier molecular flexibility index (Phi) is 5.61. The fourth-order valence-corrected chi connectivity index (χ4v) is 0.778. The van der Waals surface area contributed by atoms with Gasteiger partial charge in [-0.1, -0.05) is 0 Å². The maximum absolute atomic E-state index is 10.1. The maximum atomic E-state index is 10.1. The molecule has 0 aromatic heterocycles. The molecule has 0 radical (unpaired) electrons. The van der Waals surface area contributed by atoms with Crippen molar-refractivity contribution < 1.29 is 24.9 Å². The van der Waals surface area contributed by atoms with Crippen LogP contribution in [-0.4, -0.2) is 40.3 Å². The highest BCUT2D eigenvalue weighted by Gasteiger charge is 2.14. The molecular formula is C7H14O5. The first-order valence-electron chi connectivity index (χ1n) is 3.75. The van der Waals surface area contributed by atoms with Crippen LogP contribution in [0.2, 0.25) is 0 Å². The molecule has 0 unspecified atom stereocenters. The summed E-state index contributed by atoms with van der Waals surface area (Å²) >= 11 is 0.